The topological polar surface area (TPSA) is 88.2 Å². The van der Waals surface area contributed by atoms with Gasteiger partial charge in [0.1, 0.15) is 4.70 Å². The number of ether oxygens (including phenoxy) is 1. The first-order valence-corrected chi connectivity index (χ1v) is 7.76. The zero-order valence-corrected chi connectivity index (χ0v) is 12.5. The van der Waals surface area contributed by atoms with E-state index in [-0.39, 0.29) is 17.4 Å². The van der Waals surface area contributed by atoms with Crippen molar-refractivity contribution in [3.05, 3.63) is 16.7 Å². The summed E-state index contributed by atoms with van der Waals surface area (Å²) < 4.78 is 5.60. The number of fused-ring (bicyclic) bond motifs is 1. The van der Waals surface area contributed by atoms with Crippen LogP contribution in [0.2, 0.25) is 0 Å². The van der Waals surface area contributed by atoms with Crippen molar-refractivity contribution in [2.45, 2.75) is 19.8 Å². The molecule has 1 N–H and O–H groups in total. The molecule has 0 unspecified atom stereocenters. The number of hydrogen-bond donors (Lipinski definition) is 1. The predicted octanol–water partition coefficient (Wildman–Crippen LogP) is 1.16. The monoisotopic (exact) mass is 308 g/mol. The largest absolute Gasteiger partial charge is 0.466 e. The van der Waals surface area contributed by atoms with Crippen LogP contribution >= 0.6 is 11.3 Å². The number of hydrogen-bond acceptors (Lipinski definition) is 7. The molecule has 1 aliphatic rings. The van der Waals surface area contributed by atoms with Gasteiger partial charge in [0.2, 0.25) is 0 Å². The third kappa shape index (κ3) is 2.76. The minimum atomic E-state index is -0.162. The van der Waals surface area contributed by atoms with E-state index in [0.717, 1.165) is 31.1 Å². The molecule has 21 heavy (non-hydrogen) atoms. The van der Waals surface area contributed by atoms with E-state index >= 15 is 0 Å². The van der Waals surface area contributed by atoms with E-state index in [1.165, 1.54) is 17.7 Å². The van der Waals surface area contributed by atoms with Gasteiger partial charge in [-0.15, -0.1) is 0 Å². The quantitative estimate of drug-likeness (QED) is 0.856. The number of rotatable bonds is 3. The Hall–Kier alpha value is -1.96. The molecular formula is C13H16N4O3S. The summed E-state index contributed by atoms with van der Waals surface area (Å²) in [5, 5.41) is 0.788. The zero-order chi connectivity index (χ0) is 14.8. The molecule has 8 heteroatoms. The number of aromatic nitrogens is 3. The number of piperidine rings is 1. The van der Waals surface area contributed by atoms with Crippen LogP contribution in [0.5, 0.6) is 0 Å². The zero-order valence-electron chi connectivity index (χ0n) is 11.7. The third-order valence-electron chi connectivity index (χ3n) is 3.57. The van der Waals surface area contributed by atoms with E-state index < -0.39 is 0 Å². The lowest BCUT2D eigenvalue weighted by atomic mass is 9.97. The Labute approximate surface area is 125 Å². The van der Waals surface area contributed by atoms with Crippen LogP contribution in [0, 0.1) is 5.92 Å². The smallest absolute Gasteiger partial charge is 0.309 e. The highest BCUT2D eigenvalue weighted by molar-refractivity contribution is 7.22. The summed E-state index contributed by atoms with van der Waals surface area (Å²) >= 11 is 1.34. The van der Waals surface area contributed by atoms with Crippen molar-refractivity contribution < 1.29 is 9.53 Å². The van der Waals surface area contributed by atoms with Gasteiger partial charge in [0.25, 0.3) is 5.56 Å². The first kappa shape index (κ1) is 14.0. The number of nitrogens with zero attached hydrogens (tertiary/aromatic N) is 3. The van der Waals surface area contributed by atoms with Gasteiger partial charge < -0.3 is 14.6 Å². The van der Waals surface area contributed by atoms with E-state index in [1.807, 2.05) is 6.92 Å². The van der Waals surface area contributed by atoms with Gasteiger partial charge in [0.15, 0.2) is 10.8 Å². The molecule has 0 saturated carbocycles. The average Bonchev–Trinajstić information content (AvgIpc) is 2.93. The van der Waals surface area contributed by atoms with Crippen LogP contribution in [0.25, 0.3) is 10.3 Å². The lowest BCUT2D eigenvalue weighted by molar-refractivity contribution is -0.148. The van der Waals surface area contributed by atoms with Gasteiger partial charge in [-0.3, -0.25) is 9.59 Å². The maximum atomic E-state index is 11.7. The summed E-state index contributed by atoms with van der Waals surface area (Å²) in [4.78, 5) is 36.5. The second-order valence-corrected chi connectivity index (χ2v) is 5.87. The standard InChI is InChI=1S/C13H16N4O3S/c1-2-20-12(19)8-3-5-17(6-4-8)13-16-10-9(21-13)11(18)15-7-14-10/h7-8H,2-6H2,1H3,(H,14,15,18). The number of thiazole rings is 1. The van der Waals surface area contributed by atoms with Crippen molar-refractivity contribution in [1.82, 2.24) is 15.0 Å². The fraction of sp³-hybridized carbons (Fsp3) is 0.538. The molecule has 1 fully saturated rings. The van der Waals surface area contributed by atoms with E-state index in [2.05, 4.69) is 19.9 Å². The molecule has 3 rings (SSSR count). The first-order chi connectivity index (χ1) is 10.2. The number of esters is 1. The highest BCUT2D eigenvalue weighted by atomic mass is 32.1. The summed E-state index contributed by atoms with van der Waals surface area (Å²) in [7, 11) is 0. The van der Waals surface area contributed by atoms with Crippen molar-refractivity contribution in [2.24, 2.45) is 5.92 Å². The second-order valence-electron chi connectivity index (χ2n) is 4.89. The number of anilines is 1. The fourth-order valence-electron chi connectivity index (χ4n) is 2.46. The molecule has 0 aliphatic carbocycles. The minimum Gasteiger partial charge on any atom is -0.466 e. The normalized spacial score (nSPS) is 16.3. The molecule has 0 radical (unpaired) electrons. The van der Waals surface area contributed by atoms with E-state index in [1.54, 1.807) is 0 Å². The predicted molar refractivity (Wildman–Crippen MR) is 79.6 cm³/mol. The van der Waals surface area contributed by atoms with Crippen molar-refractivity contribution >= 4 is 32.8 Å². The van der Waals surface area contributed by atoms with Crippen LogP contribution in [0.15, 0.2) is 11.1 Å². The van der Waals surface area contributed by atoms with Gasteiger partial charge in [0.05, 0.1) is 18.9 Å². The Balaban J connectivity index is 1.72. The minimum absolute atomic E-state index is 0.0305. The Kier molecular flexibility index (Phi) is 3.87. The molecule has 2 aromatic rings. The van der Waals surface area contributed by atoms with Crippen molar-refractivity contribution in [2.75, 3.05) is 24.6 Å². The molecule has 0 spiro atoms. The van der Waals surface area contributed by atoms with Gasteiger partial charge in [-0.2, -0.15) is 4.98 Å². The van der Waals surface area contributed by atoms with Gasteiger partial charge in [-0.25, -0.2) is 4.98 Å². The van der Waals surface area contributed by atoms with Crippen molar-refractivity contribution in [3.8, 4) is 0 Å². The molecule has 1 aliphatic heterocycles. The van der Waals surface area contributed by atoms with Crippen LogP contribution in [0.4, 0.5) is 5.13 Å². The molecule has 0 atom stereocenters. The third-order valence-corrected chi connectivity index (χ3v) is 4.68. The van der Waals surface area contributed by atoms with Crippen molar-refractivity contribution in [1.29, 1.82) is 0 Å². The summed E-state index contributed by atoms with van der Waals surface area (Å²) in [6, 6.07) is 0. The molecule has 2 aromatic heterocycles. The summed E-state index contributed by atoms with van der Waals surface area (Å²) in [5.74, 6) is -0.142. The Morgan fingerprint density at radius 3 is 2.95 bits per heavy atom. The van der Waals surface area contributed by atoms with E-state index in [4.69, 9.17) is 4.74 Å². The molecule has 7 nitrogen and oxygen atoms in total. The maximum Gasteiger partial charge on any atom is 0.309 e. The van der Waals surface area contributed by atoms with Gasteiger partial charge in [-0.05, 0) is 19.8 Å². The second kappa shape index (κ2) is 5.80. The SMILES string of the molecule is CCOC(=O)C1CCN(c2nc3nc[nH]c(=O)c3s2)CC1. The Morgan fingerprint density at radius 1 is 1.52 bits per heavy atom. The average molecular weight is 308 g/mol. The number of carbonyl (C=O) groups excluding carboxylic acids is 1. The molecule has 1 saturated heterocycles. The molecule has 0 aromatic carbocycles. The molecule has 0 amide bonds. The Bertz CT molecular complexity index is 703. The fourth-order valence-corrected chi connectivity index (χ4v) is 3.42. The van der Waals surface area contributed by atoms with Crippen LogP contribution in [-0.4, -0.2) is 40.6 Å². The number of carbonyl (C=O) groups is 1. The molecule has 3 heterocycles. The van der Waals surface area contributed by atoms with Gasteiger partial charge >= 0.3 is 5.97 Å². The molecular weight excluding hydrogens is 292 g/mol. The first-order valence-electron chi connectivity index (χ1n) is 6.95. The highest BCUT2D eigenvalue weighted by Crippen LogP contribution is 2.29. The number of aromatic amines is 1. The van der Waals surface area contributed by atoms with Crippen LogP contribution in [0.1, 0.15) is 19.8 Å². The van der Waals surface area contributed by atoms with E-state index in [0.29, 0.717) is 17.0 Å². The van der Waals surface area contributed by atoms with Crippen molar-refractivity contribution in [3.63, 3.8) is 0 Å². The Morgan fingerprint density at radius 2 is 2.29 bits per heavy atom. The summed E-state index contributed by atoms with van der Waals surface area (Å²) in [6.45, 7) is 3.71. The maximum absolute atomic E-state index is 11.7. The number of H-pyrrole nitrogens is 1. The van der Waals surface area contributed by atoms with Crippen LogP contribution < -0.4 is 10.5 Å². The summed E-state index contributed by atoms with van der Waals surface area (Å²) in [6.07, 6.45) is 2.86. The lowest BCUT2D eigenvalue weighted by Crippen LogP contribution is -2.36. The highest BCUT2D eigenvalue weighted by Gasteiger charge is 2.27. The van der Waals surface area contributed by atoms with Crippen LogP contribution in [-0.2, 0) is 9.53 Å². The molecule has 0 bridgehead atoms. The molecule has 112 valence electrons. The van der Waals surface area contributed by atoms with Gasteiger partial charge in [0, 0.05) is 13.1 Å². The van der Waals surface area contributed by atoms with Gasteiger partial charge in [-0.1, -0.05) is 11.3 Å². The number of nitrogens with one attached hydrogen (secondary N) is 1. The van der Waals surface area contributed by atoms with E-state index in [9.17, 15) is 9.59 Å². The lowest BCUT2D eigenvalue weighted by Gasteiger charge is -2.30. The summed E-state index contributed by atoms with van der Waals surface area (Å²) in [5.41, 5.74) is 0.316. The van der Waals surface area contributed by atoms with Crippen LogP contribution in [0.3, 0.4) is 0 Å².